The maximum atomic E-state index is 11.7. The molecule has 1 fully saturated rings. The van der Waals surface area contributed by atoms with Crippen molar-refractivity contribution in [2.45, 2.75) is 13.3 Å². The maximum absolute atomic E-state index is 11.7. The van der Waals surface area contributed by atoms with Gasteiger partial charge in [-0.3, -0.25) is 0 Å². The van der Waals surface area contributed by atoms with Gasteiger partial charge in [0.1, 0.15) is 0 Å². The van der Waals surface area contributed by atoms with Gasteiger partial charge in [0.05, 0.1) is 7.14 Å². The molecule has 0 aromatic heterocycles. The lowest BCUT2D eigenvalue weighted by Crippen LogP contribution is -2.08. The minimum atomic E-state index is -1.83. The van der Waals surface area contributed by atoms with Crippen molar-refractivity contribution in [1.29, 1.82) is 0 Å². The quantitative estimate of drug-likeness (QED) is 0.436. The van der Waals surface area contributed by atoms with Gasteiger partial charge < -0.3 is 4.57 Å². The Morgan fingerprint density at radius 2 is 2.27 bits per heavy atom. The molecular formula is C9H15OP. The van der Waals surface area contributed by atoms with Crippen LogP contribution < -0.4 is 0 Å². The van der Waals surface area contributed by atoms with Crippen molar-refractivity contribution in [3.05, 3.63) is 0 Å². The van der Waals surface area contributed by atoms with Gasteiger partial charge in [-0.2, -0.15) is 0 Å². The van der Waals surface area contributed by atoms with E-state index in [1.165, 1.54) is 0 Å². The van der Waals surface area contributed by atoms with E-state index in [9.17, 15) is 4.57 Å². The van der Waals surface area contributed by atoms with E-state index < -0.39 is 7.14 Å². The molecule has 1 aliphatic rings. The van der Waals surface area contributed by atoms with Gasteiger partial charge in [0, 0.05) is 18.2 Å². The molecule has 2 heteroatoms. The van der Waals surface area contributed by atoms with E-state index >= 15 is 0 Å². The van der Waals surface area contributed by atoms with Crippen molar-refractivity contribution in [1.82, 2.24) is 0 Å². The molecule has 0 bridgehead atoms. The standard InChI is InChI=1S/C9H15OP/c1-4-8-6-11(3,10)7-9(8)5-2/h1,8-9H,5-7H2,2-3H3. The number of rotatable bonds is 1. The van der Waals surface area contributed by atoms with E-state index in [0.717, 1.165) is 18.7 Å². The lowest BCUT2D eigenvalue weighted by atomic mass is 9.95. The predicted octanol–water partition coefficient (Wildman–Crippen LogP) is 2.27. The smallest absolute Gasteiger partial charge is 0.0863 e. The van der Waals surface area contributed by atoms with Gasteiger partial charge in [-0.05, 0) is 12.6 Å². The zero-order valence-corrected chi connectivity index (χ0v) is 8.10. The number of hydrogen-bond donors (Lipinski definition) is 0. The molecule has 1 aliphatic heterocycles. The molecule has 1 saturated heterocycles. The molecule has 1 rings (SSSR count). The predicted molar refractivity (Wildman–Crippen MR) is 49.4 cm³/mol. The first kappa shape index (κ1) is 8.88. The fourth-order valence-corrected chi connectivity index (χ4v) is 4.76. The molecule has 0 aromatic rings. The van der Waals surface area contributed by atoms with Crippen molar-refractivity contribution in [2.24, 2.45) is 11.8 Å². The van der Waals surface area contributed by atoms with Gasteiger partial charge >= 0.3 is 0 Å². The van der Waals surface area contributed by atoms with Crippen LogP contribution in [0.3, 0.4) is 0 Å². The Morgan fingerprint density at radius 1 is 1.64 bits per heavy atom. The Kier molecular flexibility index (Phi) is 2.45. The third-order valence-corrected chi connectivity index (χ3v) is 4.92. The Hall–Kier alpha value is -0.210. The van der Waals surface area contributed by atoms with E-state index in [1.807, 2.05) is 6.66 Å². The minimum absolute atomic E-state index is 0.288. The molecule has 0 N–H and O–H groups in total. The van der Waals surface area contributed by atoms with Gasteiger partial charge in [0.25, 0.3) is 0 Å². The van der Waals surface area contributed by atoms with Crippen molar-refractivity contribution in [3.8, 4) is 12.3 Å². The Balaban J connectivity index is 2.72. The van der Waals surface area contributed by atoms with Gasteiger partial charge in [0.15, 0.2) is 0 Å². The van der Waals surface area contributed by atoms with Crippen LogP contribution >= 0.6 is 7.14 Å². The summed E-state index contributed by atoms with van der Waals surface area (Å²) in [5.41, 5.74) is 0. The summed E-state index contributed by atoms with van der Waals surface area (Å²) in [4.78, 5) is 0. The van der Waals surface area contributed by atoms with Crippen LogP contribution in [0.15, 0.2) is 0 Å². The lowest BCUT2D eigenvalue weighted by Gasteiger charge is -2.08. The highest BCUT2D eigenvalue weighted by Gasteiger charge is 2.36. The highest BCUT2D eigenvalue weighted by atomic mass is 31.2. The highest BCUT2D eigenvalue weighted by Crippen LogP contribution is 2.53. The first-order valence-electron chi connectivity index (χ1n) is 4.10. The molecule has 3 unspecified atom stereocenters. The van der Waals surface area contributed by atoms with Gasteiger partial charge in [-0.15, -0.1) is 12.3 Å². The largest absolute Gasteiger partial charge is 0.324 e. The summed E-state index contributed by atoms with van der Waals surface area (Å²) in [6, 6.07) is 0. The third kappa shape index (κ3) is 1.88. The molecular weight excluding hydrogens is 155 g/mol. The SMILES string of the molecule is C#CC1CP(C)(=O)CC1CC. The Bertz CT molecular complexity index is 226. The van der Waals surface area contributed by atoms with Crippen LogP contribution in [0.4, 0.5) is 0 Å². The normalized spacial score (nSPS) is 43.7. The molecule has 0 amide bonds. The zero-order chi connectivity index (χ0) is 8.48. The van der Waals surface area contributed by atoms with E-state index in [1.54, 1.807) is 0 Å². The second kappa shape index (κ2) is 3.03. The molecule has 0 spiro atoms. The summed E-state index contributed by atoms with van der Waals surface area (Å²) in [6.45, 7) is 4.01. The molecule has 1 heterocycles. The molecule has 0 radical (unpaired) electrons. The maximum Gasteiger partial charge on any atom is 0.0863 e. The van der Waals surface area contributed by atoms with Crippen LogP contribution in [0, 0.1) is 24.2 Å². The molecule has 11 heavy (non-hydrogen) atoms. The number of hydrogen-bond acceptors (Lipinski definition) is 1. The van der Waals surface area contributed by atoms with Crippen molar-refractivity contribution in [3.63, 3.8) is 0 Å². The summed E-state index contributed by atoms with van der Waals surface area (Å²) >= 11 is 0. The van der Waals surface area contributed by atoms with Crippen molar-refractivity contribution in [2.75, 3.05) is 19.0 Å². The van der Waals surface area contributed by atoms with Crippen LogP contribution in [0.2, 0.25) is 0 Å². The Morgan fingerprint density at radius 3 is 2.64 bits per heavy atom. The summed E-state index contributed by atoms with van der Waals surface area (Å²) in [5, 5.41) is 0. The third-order valence-electron chi connectivity index (χ3n) is 2.51. The molecule has 0 aromatic carbocycles. The van der Waals surface area contributed by atoms with Crippen LogP contribution in [0.5, 0.6) is 0 Å². The molecule has 0 aliphatic carbocycles. The first-order valence-corrected chi connectivity index (χ1v) is 6.63. The summed E-state index contributed by atoms with van der Waals surface area (Å²) < 4.78 is 11.7. The Labute approximate surface area is 68.9 Å². The van der Waals surface area contributed by atoms with E-state index in [4.69, 9.17) is 6.42 Å². The average Bonchev–Trinajstić information content (AvgIpc) is 2.25. The fraction of sp³-hybridized carbons (Fsp3) is 0.778. The first-order chi connectivity index (χ1) is 5.09. The second-order valence-corrected chi connectivity index (χ2v) is 6.93. The van der Waals surface area contributed by atoms with Crippen molar-refractivity contribution >= 4 is 7.14 Å². The highest BCUT2D eigenvalue weighted by molar-refractivity contribution is 7.63. The molecule has 62 valence electrons. The van der Waals surface area contributed by atoms with E-state index in [-0.39, 0.29) is 5.92 Å². The second-order valence-electron chi connectivity index (χ2n) is 3.60. The summed E-state index contributed by atoms with van der Waals surface area (Å²) in [7, 11) is -1.83. The fourth-order valence-electron chi connectivity index (χ4n) is 1.87. The van der Waals surface area contributed by atoms with E-state index in [0.29, 0.717) is 5.92 Å². The summed E-state index contributed by atoms with van der Waals surface area (Å²) in [5.74, 6) is 3.56. The zero-order valence-electron chi connectivity index (χ0n) is 7.21. The minimum Gasteiger partial charge on any atom is -0.324 e. The number of terminal acetylenes is 1. The molecule has 3 atom stereocenters. The molecule has 1 nitrogen and oxygen atoms in total. The lowest BCUT2D eigenvalue weighted by molar-refractivity contribution is 0.493. The van der Waals surface area contributed by atoms with Crippen LogP contribution in [-0.2, 0) is 4.57 Å². The van der Waals surface area contributed by atoms with Crippen LogP contribution in [0.1, 0.15) is 13.3 Å². The van der Waals surface area contributed by atoms with Crippen molar-refractivity contribution < 1.29 is 4.57 Å². The van der Waals surface area contributed by atoms with Crippen LogP contribution in [0.25, 0.3) is 0 Å². The van der Waals surface area contributed by atoms with Gasteiger partial charge in [-0.25, -0.2) is 0 Å². The average molecular weight is 170 g/mol. The monoisotopic (exact) mass is 170 g/mol. The van der Waals surface area contributed by atoms with Gasteiger partial charge in [-0.1, -0.05) is 13.3 Å². The van der Waals surface area contributed by atoms with Gasteiger partial charge in [0.2, 0.25) is 0 Å². The summed E-state index contributed by atoms with van der Waals surface area (Å²) in [6.07, 6.45) is 8.08. The molecule has 0 saturated carbocycles. The van der Waals surface area contributed by atoms with Crippen LogP contribution in [-0.4, -0.2) is 19.0 Å². The van der Waals surface area contributed by atoms with E-state index in [2.05, 4.69) is 12.8 Å². The topological polar surface area (TPSA) is 17.1 Å².